The number of rotatable bonds is 6. The van der Waals surface area contributed by atoms with Gasteiger partial charge in [-0.1, -0.05) is 35.9 Å². The fourth-order valence-corrected chi connectivity index (χ4v) is 4.89. The van der Waals surface area contributed by atoms with Crippen molar-refractivity contribution in [3.8, 4) is 5.88 Å². The average molecular weight is 480 g/mol. The van der Waals surface area contributed by atoms with Gasteiger partial charge in [-0.15, -0.1) is 10.2 Å². The number of sulfonamides is 1. The zero-order chi connectivity index (χ0) is 24.6. The van der Waals surface area contributed by atoms with Crippen molar-refractivity contribution in [2.75, 3.05) is 4.72 Å². The van der Waals surface area contributed by atoms with Gasteiger partial charge in [0.05, 0.1) is 16.1 Å². The molecule has 1 aromatic heterocycles. The monoisotopic (exact) mass is 479 g/mol. The van der Waals surface area contributed by atoms with E-state index in [-0.39, 0.29) is 17.3 Å². The Labute approximate surface area is 195 Å². The Morgan fingerprint density at radius 2 is 1.76 bits per heavy atom. The molecule has 4 rings (SSSR count). The molecule has 0 spiro atoms. The summed E-state index contributed by atoms with van der Waals surface area (Å²) < 4.78 is 30.5. The van der Waals surface area contributed by atoms with Crippen LogP contribution < -0.4 is 4.72 Å². The number of hydrogen-bond acceptors (Lipinski definition) is 7. The molecular formula is C23H21N5O5S. The van der Waals surface area contributed by atoms with Crippen molar-refractivity contribution in [3.63, 3.8) is 0 Å². The highest BCUT2D eigenvalue weighted by atomic mass is 32.2. The van der Waals surface area contributed by atoms with E-state index < -0.39 is 25.5 Å². The molecule has 0 aliphatic heterocycles. The molecule has 0 unspecified atom stereocenters. The molecule has 0 atom stereocenters. The van der Waals surface area contributed by atoms with E-state index in [0.717, 1.165) is 17.7 Å². The number of nitrogens with zero attached hydrogens (tertiary/aromatic N) is 4. The van der Waals surface area contributed by atoms with Gasteiger partial charge in [-0.2, -0.15) is 0 Å². The Bertz CT molecular complexity index is 1570. The number of nitrogens with one attached hydrogen (secondary N) is 1. The van der Waals surface area contributed by atoms with Gasteiger partial charge < -0.3 is 9.67 Å². The molecule has 0 amide bonds. The zero-order valence-electron chi connectivity index (χ0n) is 18.6. The third kappa shape index (κ3) is 4.20. The topological polar surface area (TPSA) is 139 Å². The van der Waals surface area contributed by atoms with Crippen molar-refractivity contribution in [1.82, 2.24) is 4.57 Å². The van der Waals surface area contributed by atoms with Crippen LogP contribution in [0.15, 0.2) is 75.8 Å². The van der Waals surface area contributed by atoms with Crippen molar-refractivity contribution in [3.05, 3.63) is 81.9 Å². The van der Waals surface area contributed by atoms with Gasteiger partial charge in [0.25, 0.3) is 15.7 Å². The molecule has 0 aliphatic rings. The van der Waals surface area contributed by atoms with E-state index in [1.165, 1.54) is 10.6 Å². The second-order valence-corrected chi connectivity index (χ2v) is 9.43. The van der Waals surface area contributed by atoms with Crippen LogP contribution in [0.4, 0.5) is 22.7 Å². The van der Waals surface area contributed by atoms with Crippen LogP contribution in [-0.2, 0) is 17.1 Å². The van der Waals surface area contributed by atoms with Gasteiger partial charge in [0.1, 0.15) is 10.6 Å². The van der Waals surface area contributed by atoms with Gasteiger partial charge in [-0.3, -0.25) is 14.8 Å². The van der Waals surface area contributed by atoms with E-state index in [1.807, 2.05) is 19.1 Å². The Morgan fingerprint density at radius 3 is 2.47 bits per heavy atom. The average Bonchev–Trinajstić information content (AvgIpc) is 3.04. The lowest BCUT2D eigenvalue weighted by Crippen LogP contribution is -2.14. The van der Waals surface area contributed by atoms with Crippen molar-refractivity contribution >= 4 is 43.7 Å². The standard InChI is InChI=1S/C23H21N5O5S/c1-14-8-10-18(15(2)12-14)26-34(32,33)21-13-16(28(30)31)9-11-19(21)24-25-22-17-6-4-5-7-20(17)27(3)23(22)29/h4-13,26,29H,1-3H3. The summed E-state index contributed by atoms with van der Waals surface area (Å²) in [5.41, 5.74) is 2.33. The van der Waals surface area contributed by atoms with Crippen LogP contribution in [0.3, 0.4) is 0 Å². The third-order valence-corrected chi connectivity index (χ3v) is 6.77. The lowest BCUT2D eigenvalue weighted by Gasteiger charge is -2.12. The van der Waals surface area contributed by atoms with Crippen LogP contribution in [0.5, 0.6) is 5.88 Å². The van der Waals surface area contributed by atoms with E-state index in [9.17, 15) is 23.6 Å². The number of nitro groups is 1. The Balaban J connectivity index is 1.82. The number of non-ortho nitro benzene ring substituents is 1. The molecule has 0 bridgehead atoms. The molecule has 0 fully saturated rings. The SMILES string of the molecule is Cc1ccc(NS(=O)(=O)c2cc([N+](=O)[O-])ccc2N=Nc2c(O)n(C)c3ccccc23)c(C)c1. The maximum Gasteiger partial charge on any atom is 0.270 e. The highest BCUT2D eigenvalue weighted by molar-refractivity contribution is 7.92. The van der Waals surface area contributed by atoms with Crippen molar-refractivity contribution in [2.45, 2.75) is 18.7 Å². The third-order valence-electron chi connectivity index (χ3n) is 5.38. The number of benzene rings is 3. The minimum absolute atomic E-state index is 0.116. The first kappa shape index (κ1) is 22.9. The highest BCUT2D eigenvalue weighted by Gasteiger charge is 2.24. The molecule has 0 aliphatic carbocycles. The second kappa shape index (κ2) is 8.60. The largest absolute Gasteiger partial charge is 0.493 e. The van der Waals surface area contributed by atoms with Gasteiger partial charge in [0.15, 0.2) is 5.69 Å². The van der Waals surface area contributed by atoms with Gasteiger partial charge >= 0.3 is 0 Å². The second-order valence-electron chi connectivity index (χ2n) is 7.78. The van der Waals surface area contributed by atoms with Gasteiger partial charge in [-0.25, -0.2) is 8.42 Å². The molecule has 0 radical (unpaired) electrons. The number of aromatic nitrogens is 1. The van der Waals surface area contributed by atoms with Crippen LogP contribution in [-0.4, -0.2) is 23.0 Å². The van der Waals surface area contributed by atoms with Crippen molar-refractivity contribution in [1.29, 1.82) is 0 Å². The van der Waals surface area contributed by atoms with E-state index >= 15 is 0 Å². The predicted molar refractivity (Wildman–Crippen MR) is 129 cm³/mol. The maximum absolute atomic E-state index is 13.2. The molecule has 4 aromatic rings. The normalized spacial score (nSPS) is 11.9. The molecule has 174 valence electrons. The molecule has 34 heavy (non-hydrogen) atoms. The first-order valence-electron chi connectivity index (χ1n) is 10.1. The Morgan fingerprint density at radius 1 is 1.03 bits per heavy atom. The Hall–Kier alpha value is -4.25. The quantitative estimate of drug-likeness (QED) is 0.210. The van der Waals surface area contributed by atoms with Gasteiger partial charge in [0, 0.05) is 24.6 Å². The number of azo groups is 1. The molecule has 3 aromatic carbocycles. The molecule has 0 saturated carbocycles. The minimum atomic E-state index is -4.26. The first-order chi connectivity index (χ1) is 16.1. The zero-order valence-corrected chi connectivity index (χ0v) is 19.4. The van der Waals surface area contributed by atoms with E-state index in [0.29, 0.717) is 22.2 Å². The smallest absolute Gasteiger partial charge is 0.270 e. The maximum atomic E-state index is 13.2. The molecule has 10 nitrogen and oxygen atoms in total. The first-order valence-corrected chi connectivity index (χ1v) is 11.6. The summed E-state index contributed by atoms with van der Waals surface area (Å²) in [4.78, 5) is 10.2. The number of para-hydroxylation sites is 1. The summed E-state index contributed by atoms with van der Waals surface area (Å²) in [5.74, 6) is -0.148. The summed E-state index contributed by atoms with van der Waals surface area (Å²) in [5, 5.41) is 30.6. The lowest BCUT2D eigenvalue weighted by atomic mass is 10.1. The fourth-order valence-electron chi connectivity index (χ4n) is 3.60. The summed E-state index contributed by atoms with van der Waals surface area (Å²) in [6.45, 7) is 3.63. The molecule has 11 heteroatoms. The number of nitro benzene ring substituents is 1. The van der Waals surface area contributed by atoms with E-state index in [2.05, 4.69) is 15.0 Å². The molecule has 1 heterocycles. The number of fused-ring (bicyclic) bond motifs is 1. The summed E-state index contributed by atoms with van der Waals surface area (Å²) in [7, 11) is -2.60. The number of aromatic hydroxyl groups is 1. The fraction of sp³-hybridized carbons (Fsp3) is 0.130. The Kier molecular flexibility index (Phi) is 5.80. The predicted octanol–water partition coefficient (Wildman–Crippen LogP) is 5.63. The summed E-state index contributed by atoms with van der Waals surface area (Å²) in [6.07, 6.45) is 0. The molecular weight excluding hydrogens is 458 g/mol. The van der Waals surface area contributed by atoms with E-state index in [1.54, 1.807) is 44.3 Å². The highest BCUT2D eigenvalue weighted by Crippen LogP contribution is 2.39. The number of anilines is 1. The van der Waals surface area contributed by atoms with Crippen LogP contribution in [0.1, 0.15) is 11.1 Å². The molecule has 0 saturated heterocycles. The van der Waals surface area contributed by atoms with Gasteiger partial charge in [0.2, 0.25) is 5.88 Å². The van der Waals surface area contributed by atoms with Crippen molar-refractivity contribution < 1.29 is 18.4 Å². The molecule has 2 N–H and O–H groups in total. The van der Waals surface area contributed by atoms with E-state index in [4.69, 9.17) is 0 Å². The summed E-state index contributed by atoms with van der Waals surface area (Å²) >= 11 is 0. The van der Waals surface area contributed by atoms with Crippen molar-refractivity contribution in [2.24, 2.45) is 17.3 Å². The van der Waals surface area contributed by atoms with Crippen LogP contribution in [0.2, 0.25) is 0 Å². The minimum Gasteiger partial charge on any atom is -0.493 e. The number of hydrogen-bond donors (Lipinski definition) is 2. The van der Waals surface area contributed by atoms with Crippen LogP contribution >= 0.6 is 0 Å². The lowest BCUT2D eigenvalue weighted by molar-refractivity contribution is -0.385. The van der Waals surface area contributed by atoms with Crippen LogP contribution in [0.25, 0.3) is 10.9 Å². The van der Waals surface area contributed by atoms with Gasteiger partial charge in [-0.05, 0) is 37.6 Å². The van der Waals surface area contributed by atoms with Crippen LogP contribution in [0, 0.1) is 24.0 Å². The number of aryl methyl sites for hydroxylation is 3. The summed E-state index contributed by atoms with van der Waals surface area (Å²) in [6, 6.07) is 15.6.